The number of rotatable bonds is 9. The van der Waals surface area contributed by atoms with Crippen molar-refractivity contribution in [1.29, 1.82) is 0 Å². The number of guanidine groups is 1. The van der Waals surface area contributed by atoms with Gasteiger partial charge in [0, 0.05) is 38.8 Å². The van der Waals surface area contributed by atoms with Crippen molar-refractivity contribution in [1.82, 2.24) is 20.9 Å². The summed E-state index contributed by atoms with van der Waals surface area (Å²) in [7, 11) is 0. The van der Waals surface area contributed by atoms with E-state index in [-0.39, 0.29) is 29.9 Å². The average Bonchev–Trinajstić information content (AvgIpc) is 3.18. The summed E-state index contributed by atoms with van der Waals surface area (Å²) >= 11 is 1.47. The predicted molar refractivity (Wildman–Crippen MR) is 126 cm³/mol. The minimum Gasteiger partial charge on any atom is -0.357 e. The molecular formula is C19H34IN5OS. The summed E-state index contributed by atoms with van der Waals surface area (Å²) in [6.45, 7) is 10.1. The summed E-state index contributed by atoms with van der Waals surface area (Å²) < 4.78 is 0. The number of aliphatic imine (C=N–C) groups is 1. The Bertz CT molecular complexity index is 544. The van der Waals surface area contributed by atoms with Crippen LogP contribution in [0.3, 0.4) is 0 Å². The summed E-state index contributed by atoms with van der Waals surface area (Å²) in [5.74, 6) is 0.902. The third-order valence-electron chi connectivity index (χ3n) is 4.45. The number of nitrogens with one attached hydrogen (secondary N) is 3. The second kappa shape index (κ2) is 14.2. The van der Waals surface area contributed by atoms with Crippen molar-refractivity contribution in [2.45, 2.75) is 45.6 Å². The van der Waals surface area contributed by atoms with Gasteiger partial charge in [-0.3, -0.25) is 9.79 Å². The molecule has 0 aromatic carbocycles. The third-order valence-corrected chi connectivity index (χ3v) is 5.32. The van der Waals surface area contributed by atoms with Crippen LogP contribution in [0.2, 0.25) is 0 Å². The Balaban J connectivity index is 0.00000364. The lowest BCUT2D eigenvalue weighted by Crippen LogP contribution is -2.48. The van der Waals surface area contributed by atoms with Crippen molar-refractivity contribution >= 4 is 47.2 Å². The molecule has 3 N–H and O–H groups in total. The topological polar surface area (TPSA) is 68.8 Å². The number of carbonyl (C=O) groups is 1. The third kappa shape index (κ3) is 9.25. The smallest absolute Gasteiger partial charge is 0.261 e. The van der Waals surface area contributed by atoms with Gasteiger partial charge in [0.05, 0.1) is 4.88 Å². The number of likely N-dealkylation sites (tertiary alicyclic amines) is 1. The van der Waals surface area contributed by atoms with Gasteiger partial charge < -0.3 is 20.9 Å². The van der Waals surface area contributed by atoms with Gasteiger partial charge in [-0.2, -0.15) is 0 Å². The van der Waals surface area contributed by atoms with Crippen LogP contribution < -0.4 is 16.0 Å². The van der Waals surface area contributed by atoms with Gasteiger partial charge in [-0.15, -0.1) is 35.3 Å². The molecule has 1 saturated heterocycles. The van der Waals surface area contributed by atoms with Crippen molar-refractivity contribution < 1.29 is 4.79 Å². The molecule has 1 aliphatic rings. The maximum Gasteiger partial charge on any atom is 0.261 e. The zero-order chi connectivity index (χ0) is 18.6. The Kier molecular flexibility index (Phi) is 12.7. The minimum atomic E-state index is 0. The summed E-state index contributed by atoms with van der Waals surface area (Å²) in [4.78, 5) is 19.8. The second-order valence-corrected chi connectivity index (χ2v) is 7.56. The molecule has 1 amide bonds. The Hall–Kier alpha value is -0.870. The van der Waals surface area contributed by atoms with Crippen LogP contribution in [0.15, 0.2) is 22.5 Å². The van der Waals surface area contributed by atoms with Gasteiger partial charge in [-0.1, -0.05) is 13.0 Å². The maximum absolute atomic E-state index is 11.9. The van der Waals surface area contributed by atoms with Gasteiger partial charge >= 0.3 is 0 Å². The molecule has 6 nitrogen and oxygen atoms in total. The quantitative estimate of drug-likeness (QED) is 0.208. The molecule has 0 spiro atoms. The minimum absolute atomic E-state index is 0. The van der Waals surface area contributed by atoms with Gasteiger partial charge in [0.1, 0.15) is 0 Å². The van der Waals surface area contributed by atoms with Gasteiger partial charge in [0.25, 0.3) is 5.91 Å². The first-order chi connectivity index (χ1) is 12.7. The normalized spacial score (nSPS) is 15.9. The molecule has 8 heteroatoms. The van der Waals surface area contributed by atoms with Crippen molar-refractivity contribution in [2.24, 2.45) is 4.99 Å². The molecule has 1 aliphatic heterocycles. The molecule has 0 saturated carbocycles. The van der Waals surface area contributed by atoms with Crippen molar-refractivity contribution in [3.05, 3.63) is 22.4 Å². The molecule has 1 aromatic heterocycles. The summed E-state index contributed by atoms with van der Waals surface area (Å²) in [6, 6.07) is 4.24. The fourth-order valence-corrected chi connectivity index (χ4v) is 3.74. The van der Waals surface area contributed by atoms with E-state index in [1.807, 2.05) is 17.5 Å². The molecule has 0 bridgehead atoms. The number of amides is 1. The van der Waals surface area contributed by atoms with E-state index >= 15 is 0 Å². The first-order valence-electron chi connectivity index (χ1n) is 9.81. The van der Waals surface area contributed by atoms with E-state index in [9.17, 15) is 4.79 Å². The predicted octanol–water partition coefficient (Wildman–Crippen LogP) is 2.92. The summed E-state index contributed by atoms with van der Waals surface area (Å²) in [5.41, 5.74) is 0. The Morgan fingerprint density at radius 1 is 1.30 bits per heavy atom. The monoisotopic (exact) mass is 507 g/mol. The number of nitrogens with zero attached hydrogens (tertiary/aromatic N) is 2. The summed E-state index contributed by atoms with van der Waals surface area (Å²) in [6.07, 6.45) is 4.40. The highest BCUT2D eigenvalue weighted by atomic mass is 127. The van der Waals surface area contributed by atoms with Crippen LogP contribution in [-0.4, -0.2) is 62.1 Å². The van der Waals surface area contributed by atoms with Crippen molar-refractivity contribution in [3.8, 4) is 0 Å². The highest BCUT2D eigenvalue weighted by molar-refractivity contribution is 14.0. The number of hydrogen-bond donors (Lipinski definition) is 3. The number of piperidine rings is 1. The molecule has 0 atom stereocenters. The number of carbonyl (C=O) groups excluding carboxylic acids is 1. The van der Waals surface area contributed by atoms with E-state index in [0.717, 1.165) is 23.8 Å². The first kappa shape index (κ1) is 24.2. The Morgan fingerprint density at radius 3 is 2.70 bits per heavy atom. The fraction of sp³-hybridized carbons (Fsp3) is 0.684. The Morgan fingerprint density at radius 2 is 2.07 bits per heavy atom. The lowest BCUT2D eigenvalue weighted by atomic mass is 10.1. The molecule has 2 heterocycles. The van der Waals surface area contributed by atoms with E-state index in [2.05, 4.69) is 39.7 Å². The van der Waals surface area contributed by atoms with E-state index in [1.54, 1.807) is 0 Å². The highest BCUT2D eigenvalue weighted by Crippen LogP contribution is 2.10. The van der Waals surface area contributed by atoms with Gasteiger partial charge in [-0.25, -0.2) is 0 Å². The second-order valence-electron chi connectivity index (χ2n) is 6.61. The molecule has 27 heavy (non-hydrogen) atoms. The SMILES string of the molecule is CCCN1CCC(NC(=NCCCNC(=O)c2cccs2)NCC)CC1.I. The molecular weight excluding hydrogens is 473 g/mol. The average molecular weight is 507 g/mol. The molecule has 1 aromatic rings. The van der Waals surface area contributed by atoms with Gasteiger partial charge in [-0.05, 0) is 50.6 Å². The van der Waals surface area contributed by atoms with Crippen molar-refractivity contribution in [2.75, 3.05) is 39.3 Å². The lowest BCUT2D eigenvalue weighted by molar-refractivity contribution is 0.0957. The molecule has 0 radical (unpaired) electrons. The first-order valence-corrected chi connectivity index (χ1v) is 10.7. The lowest BCUT2D eigenvalue weighted by Gasteiger charge is -2.32. The van der Waals surface area contributed by atoms with E-state index in [0.29, 0.717) is 19.1 Å². The largest absolute Gasteiger partial charge is 0.357 e. The number of hydrogen-bond acceptors (Lipinski definition) is 4. The van der Waals surface area contributed by atoms with Crippen LogP contribution in [-0.2, 0) is 0 Å². The summed E-state index contributed by atoms with van der Waals surface area (Å²) in [5, 5.41) is 11.8. The zero-order valence-electron chi connectivity index (χ0n) is 16.5. The van der Waals surface area contributed by atoms with Crippen LogP contribution in [0.25, 0.3) is 0 Å². The zero-order valence-corrected chi connectivity index (χ0v) is 19.6. The Labute approximate surface area is 184 Å². The van der Waals surface area contributed by atoms with E-state index in [4.69, 9.17) is 0 Å². The van der Waals surface area contributed by atoms with Crippen LogP contribution in [0, 0.1) is 0 Å². The molecule has 2 rings (SSSR count). The highest BCUT2D eigenvalue weighted by Gasteiger charge is 2.19. The van der Waals surface area contributed by atoms with Crippen LogP contribution in [0.1, 0.15) is 49.2 Å². The maximum atomic E-state index is 11.9. The molecule has 0 unspecified atom stereocenters. The van der Waals surface area contributed by atoms with Crippen LogP contribution in [0.4, 0.5) is 0 Å². The van der Waals surface area contributed by atoms with Crippen molar-refractivity contribution in [3.63, 3.8) is 0 Å². The molecule has 1 fully saturated rings. The fourth-order valence-electron chi connectivity index (χ4n) is 3.10. The van der Waals surface area contributed by atoms with Crippen LogP contribution >= 0.6 is 35.3 Å². The van der Waals surface area contributed by atoms with E-state index in [1.165, 1.54) is 50.2 Å². The van der Waals surface area contributed by atoms with E-state index < -0.39 is 0 Å². The molecule has 154 valence electrons. The molecule has 0 aliphatic carbocycles. The van der Waals surface area contributed by atoms with Crippen LogP contribution in [0.5, 0.6) is 0 Å². The number of thiophene rings is 1. The standard InChI is InChI=1S/C19H33N5OS.HI/c1-3-12-24-13-8-16(9-14-24)23-19(20-4-2)22-11-6-10-21-18(25)17-7-5-15-26-17;/h5,7,15-16H,3-4,6,8-14H2,1-2H3,(H,21,25)(H2,20,22,23);1H. The number of halogens is 1. The van der Waals surface area contributed by atoms with Gasteiger partial charge in [0.2, 0.25) is 0 Å². The van der Waals surface area contributed by atoms with Gasteiger partial charge in [0.15, 0.2) is 5.96 Å².